The zero-order valence-electron chi connectivity index (χ0n) is 17.1. The van der Waals surface area contributed by atoms with E-state index in [0.717, 1.165) is 44.8 Å². The molecular weight excluding hydrogens is 390 g/mol. The molecule has 3 heterocycles. The van der Waals surface area contributed by atoms with E-state index in [0.29, 0.717) is 30.1 Å². The van der Waals surface area contributed by atoms with Crippen molar-refractivity contribution in [2.45, 2.75) is 63.5 Å². The maximum absolute atomic E-state index is 14.4. The largest absolute Gasteiger partial charge is 0.346 e. The number of carbonyl (C=O) groups excluding carboxylic acids is 1. The minimum absolute atomic E-state index is 0.00710. The van der Waals surface area contributed by atoms with Crippen molar-refractivity contribution < 1.29 is 13.6 Å². The van der Waals surface area contributed by atoms with Crippen LogP contribution in [0, 0.1) is 17.6 Å². The van der Waals surface area contributed by atoms with Crippen LogP contribution < -0.4 is 5.69 Å². The number of halogens is 2. The van der Waals surface area contributed by atoms with E-state index in [1.165, 1.54) is 16.8 Å². The lowest BCUT2D eigenvalue weighted by Gasteiger charge is -2.27. The number of likely N-dealkylation sites (tertiary alicyclic amines) is 1. The highest BCUT2D eigenvalue weighted by Crippen LogP contribution is 2.50. The summed E-state index contributed by atoms with van der Waals surface area (Å²) < 4.78 is 30.7. The Balaban J connectivity index is 1.44. The van der Waals surface area contributed by atoms with Crippen LogP contribution in [0.3, 0.4) is 0 Å². The third-order valence-corrected chi connectivity index (χ3v) is 6.96. The van der Waals surface area contributed by atoms with E-state index < -0.39 is 23.1 Å². The Bertz CT molecular complexity index is 1060. The van der Waals surface area contributed by atoms with E-state index >= 15 is 0 Å². The lowest BCUT2D eigenvalue weighted by atomic mass is 9.95. The summed E-state index contributed by atoms with van der Waals surface area (Å²) in [6.45, 7) is 3.85. The zero-order chi connectivity index (χ0) is 21.0. The molecule has 0 spiro atoms. The molecular formula is C22H26F2N4O2. The van der Waals surface area contributed by atoms with Gasteiger partial charge in [0.05, 0.1) is 6.54 Å². The smallest absolute Gasteiger partial charge is 0.341 e. The van der Waals surface area contributed by atoms with Crippen molar-refractivity contribution in [2.24, 2.45) is 5.92 Å². The molecule has 2 fully saturated rings. The van der Waals surface area contributed by atoms with Crippen LogP contribution in [0.1, 0.15) is 56.5 Å². The molecule has 6 nitrogen and oxygen atoms in total. The minimum Gasteiger partial charge on any atom is -0.341 e. The van der Waals surface area contributed by atoms with Crippen molar-refractivity contribution >= 4 is 5.91 Å². The number of nitrogens with zero attached hydrogens (tertiary/aromatic N) is 4. The molecule has 1 aromatic carbocycles. The molecule has 1 amide bonds. The third kappa shape index (κ3) is 3.17. The van der Waals surface area contributed by atoms with E-state index in [1.54, 1.807) is 4.57 Å². The van der Waals surface area contributed by atoms with Crippen LogP contribution >= 0.6 is 0 Å². The van der Waals surface area contributed by atoms with Crippen LogP contribution in [-0.4, -0.2) is 38.2 Å². The van der Waals surface area contributed by atoms with Gasteiger partial charge in [-0.1, -0.05) is 13.0 Å². The SMILES string of the molecule is C[C@H]1CCN(C(=O)[C@@H]2CCCc3nn(CC4(c5ccc(F)cc5F)CC4)c(=O)n32)C1. The van der Waals surface area contributed by atoms with Crippen LogP contribution in [0.5, 0.6) is 0 Å². The number of aromatic nitrogens is 3. The molecule has 1 saturated carbocycles. The van der Waals surface area contributed by atoms with Gasteiger partial charge in [-0.3, -0.25) is 9.36 Å². The van der Waals surface area contributed by atoms with E-state index in [1.807, 2.05) is 4.90 Å². The van der Waals surface area contributed by atoms with Gasteiger partial charge in [0, 0.05) is 31.0 Å². The fourth-order valence-electron chi connectivity index (χ4n) is 5.08. The van der Waals surface area contributed by atoms with Gasteiger partial charge in [-0.15, -0.1) is 0 Å². The number of hydrogen-bond acceptors (Lipinski definition) is 3. The normalized spacial score (nSPS) is 24.7. The van der Waals surface area contributed by atoms with E-state index in [9.17, 15) is 18.4 Å². The Kier molecular flexibility index (Phi) is 4.56. The first-order valence-corrected chi connectivity index (χ1v) is 10.8. The van der Waals surface area contributed by atoms with Crippen LogP contribution in [0.4, 0.5) is 8.78 Å². The zero-order valence-corrected chi connectivity index (χ0v) is 17.1. The van der Waals surface area contributed by atoms with Crippen molar-refractivity contribution in [3.8, 4) is 0 Å². The van der Waals surface area contributed by atoms with Gasteiger partial charge in [-0.25, -0.2) is 18.3 Å². The second kappa shape index (κ2) is 7.03. The topological polar surface area (TPSA) is 60.1 Å². The number of benzene rings is 1. The van der Waals surface area contributed by atoms with Gasteiger partial charge in [0.25, 0.3) is 0 Å². The molecule has 0 unspecified atom stereocenters. The summed E-state index contributed by atoms with van der Waals surface area (Å²) in [6.07, 6.45) is 4.54. The molecule has 30 heavy (non-hydrogen) atoms. The van der Waals surface area contributed by atoms with E-state index in [4.69, 9.17) is 0 Å². The highest BCUT2D eigenvalue weighted by atomic mass is 19.1. The summed E-state index contributed by atoms with van der Waals surface area (Å²) in [5.41, 5.74) is -0.403. The maximum Gasteiger partial charge on any atom is 0.346 e. The minimum atomic E-state index is -0.612. The summed E-state index contributed by atoms with van der Waals surface area (Å²) in [5, 5.41) is 4.52. The van der Waals surface area contributed by atoms with Crippen LogP contribution in [-0.2, 0) is 23.2 Å². The first-order chi connectivity index (χ1) is 14.4. The molecule has 0 bridgehead atoms. The van der Waals surface area contributed by atoms with Crippen molar-refractivity contribution in [3.63, 3.8) is 0 Å². The lowest BCUT2D eigenvalue weighted by molar-refractivity contribution is -0.134. The van der Waals surface area contributed by atoms with Crippen LogP contribution in [0.2, 0.25) is 0 Å². The Hall–Kier alpha value is -2.51. The lowest BCUT2D eigenvalue weighted by Crippen LogP contribution is -2.42. The van der Waals surface area contributed by atoms with Gasteiger partial charge in [-0.2, -0.15) is 5.10 Å². The number of aryl methyl sites for hydroxylation is 1. The van der Waals surface area contributed by atoms with Gasteiger partial charge >= 0.3 is 5.69 Å². The molecule has 2 atom stereocenters. The molecule has 5 rings (SSSR count). The number of amides is 1. The fraction of sp³-hybridized carbons (Fsp3) is 0.591. The average molecular weight is 416 g/mol. The Morgan fingerprint density at radius 1 is 1.27 bits per heavy atom. The number of hydrogen-bond donors (Lipinski definition) is 0. The van der Waals surface area contributed by atoms with Crippen molar-refractivity contribution in [2.75, 3.05) is 13.1 Å². The predicted molar refractivity (Wildman–Crippen MR) is 106 cm³/mol. The van der Waals surface area contributed by atoms with Crippen LogP contribution in [0.15, 0.2) is 23.0 Å². The quantitative estimate of drug-likeness (QED) is 0.770. The molecule has 1 aromatic heterocycles. The van der Waals surface area contributed by atoms with Crippen LogP contribution in [0.25, 0.3) is 0 Å². The molecule has 0 radical (unpaired) electrons. The monoisotopic (exact) mass is 416 g/mol. The summed E-state index contributed by atoms with van der Waals surface area (Å²) in [5.74, 6) is -0.0725. The molecule has 1 aliphatic carbocycles. The standard InChI is InChI=1S/C22H26F2N4O2/c1-14-7-10-26(12-14)20(29)18-3-2-4-19-25-27(21(30)28(18)19)13-22(8-9-22)16-6-5-15(23)11-17(16)24/h5-6,11,14,18H,2-4,7-10,12-13H2,1H3/t14-,18-/m0/s1. The van der Waals surface area contributed by atoms with Gasteiger partial charge in [0.15, 0.2) is 0 Å². The summed E-state index contributed by atoms with van der Waals surface area (Å²) in [7, 11) is 0. The third-order valence-electron chi connectivity index (χ3n) is 6.96. The molecule has 2 aliphatic heterocycles. The summed E-state index contributed by atoms with van der Waals surface area (Å²) in [6, 6.07) is 3.12. The highest BCUT2D eigenvalue weighted by molar-refractivity contribution is 5.81. The fourth-order valence-corrected chi connectivity index (χ4v) is 5.08. The van der Waals surface area contributed by atoms with E-state index in [-0.39, 0.29) is 18.1 Å². The summed E-state index contributed by atoms with van der Waals surface area (Å²) >= 11 is 0. The number of carbonyl (C=O) groups is 1. The van der Waals surface area contributed by atoms with Gasteiger partial charge in [0.2, 0.25) is 5.91 Å². The number of fused-ring (bicyclic) bond motifs is 1. The van der Waals surface area contributed by atoms with Crippen molar-refractivity contribution in [1.29, 1.82) is 0 Å². The molecule has 8 heteroatoms. The first kappa shape index (κ1) is 19.5. The van der Waals surface area contributed by atoms with Gasteiger partial charge < -0.3 is 4.90 Å². The molecule has 2 aromatic rings. The second-order valence-electron chi connectivity index (χ2n) is 9.22. The van der Waals surface area contributed by atoms with Crippen molar-refractivity contribution in [3.05, 3.63) is 51.7 Å². The molecule has 1 saturated heterocycles. The maximum atomic E-state index is 14.4. The van der Waals surface area contributed by atoms with Gasteiger partial charge in [0.1, 0.15) is 23.5 Å². The molecule has 160 valence electrons. The van der Waals surface area contributed by atoms with E-state index in [2.05, 4.69) is 12.0 Å². The van der Waals surface area contributed by atoms with Gasteiger partial charge in [-0.05, 0) is 49.7 Å². The molecule has 3 aliphatic rings. The first-order valence-electron chi connectivity index (χ1n) is 10.8. The Morgan fingerprint density at radius 3 is 2.73 bits per heavy atom. The second-order valence-corrected chi connectivity index (χ2v) is 9.22. The van der Waals surface area contributed by atoms with Crippen molar-refractivity contribution in [1.82, 2.24) is 19.2 Å². The highest BCUT2D eigenvalue weighted by Gasteiger charge is 2.47. The number of rotatable bonds is 4. The predicted octanol–water partition coefficient (Wildman–Crippen LogP) is 2.80. The Morgan fingerprint density at radius 2 is 2.07 bits per heavy atom. The Labute approximate surface area is 173 Å². The average Bonchev–Trinajstić information content (AvgIpc) is 3.24. The molecule has 0 N–H and O–H groups in total. The summed E-state index contributed by atoms with van der Waals surface area (Å²) in [4.78, 5) is 28.2.